The number of nitrogens with zero attached hydrogens (tertiary/aromatic N) is 8. The molecule has 0 bridgehead atoms. The number of allylic oxidation sites excluding steroid dienone is 2. The van der Waals surface area contributed by atoms with Crippen LogP contribution in [0.2, 0.25) is 0 Å². The summed E-state index contributed by atoms with van der Waals surface area (Å²) in [6.07, 6.45) is 6.28. The first kappa shape index (κ1) is 62.4. The van der Waals surface area contributed by atoms with E-state index in [4.69, 9.17) is 19.7 Å². The number of hydrogen-bond donors (Lipinski definition) is 6. The Morgan fingerprint density at radius 3 is 1.64 bits per heavy atom. The molecule has 10 rings (SSSR count). The number of hydrogen-bond acceptors (Lipinski definition) is 18. The Hall–Kier alpha value is -10.2. The minimum Gasteiger partial charge on any atom is -0.508 e. The van der Waals surface area contributed by atoms with E-state index in [1.54, 1.807) is 6.08 Å². The quantitative estimate of drug-likeness (QED) is 0.0166. The summed E-state index contributed by atoms with van der Waals surface area (Å²) in [6.45, 7) is 23.4. The van der Waals surface area contributed by atoms with Gasteiger partial charge in [-0.05, 0) is 119 Å². The van der Waals surface area contributed by atoms with Gasteiger partial charge < -0.3 is 45.0 Å². The molecule has 0 aliphatic carbocycles. The van der Waals surface area contributed by atoms with E-state index in [-0.39, 0.29) is 97.6 Å². The third-order valence-electron chi connectivity index (χ3n) is 14.1. The average molecular weight is 1200 g/mol. The van der Waals surface area contributed by atoms with Crippen LogP contribution in [0.25, 0.3) is 16.7 Å². The standard InChI is InChI=1S/C39H43N2O3.2C12H9N3O5.Co/c1-10-17-43-37(42)27-16-14-13-15-26(27)36-30-18-28-24(4)22-38(6,7)40(11-2)32(28)20-34(30)44-35-21-33-29(19-31(35)36)25(5)23-39(8,9)41(33)12-3;2*16-8-2-4-10(12(18)6-8)14-13-9-3-1-7(15(19)20)5-11(9)17;/h10,13-16,18-23H,1,11-12,17H2,2-9H3;2*1-6,16-18H;/q+1;;;. The maximum atomic E-state index is 13.4. The minimum atomic E-state index is -0.646. The smallest absolute Gasteiger partial charge is 0.339 e. The third kappa shape index (κ3) is 13.4. The van der Waals surface area contributed by atoms with Crippen LogP contribution in [0.5, 0.6) is 46.0 Å². The fraction of sp³-hybridized carbons (Fsp3) is 0.206. The topological polar surface area (TPSA) is 299 Å². The molecule has 0 fully saturated rings. The first-order valence-electron chi connectivity index (χ1n) is 26.4. The second-order valence-corrected chi connectivity index (χ2v) is 20.7. The predicted molar refractivity (Wildman–Crippen MR) is 318 cm³/mol. The summed E-state index contributed by atoms with van der Waals surface area (Å²) in [6, 6.07) is 30.8. The number of phenolic OH excluding ortho intramolecular Hbond substituents is 6. The molecule has 22 heteroatoms. The van der Waals surface area contributed by atoms with Gasteiger partial charge in [-0.25, -0.2) is 9.37 Å². The van der Waals surface area contributed by atoms with Crippen molar-refractivity contribution in [2.45, 2.75) is 66.5 Å². The first-order chi connectivity index (χ1) is 39.8. The summed E-state index contributed by atoms with van der Waals surface area (Å²) >= 11 is 0. The molecule has 21 nitrogen and oxygen atoms in total. The zero-order valence-corrected chi connectivity index (χ0v) is 48.6. The Labute approximate surface area is 498 Å². The second kappa shape index (κ2) is 25.5. The van der Waals surface area contributed by atoms with Crippen molar-refractivity contribution in [1.29, 1.82) is 0 Å². The summed E-state index contributed by atoms with van der Waals surface area (Å²) < 4.78 is 14.9. The number of ether oxygens (including phenoxy) is 2. The molecule has 0 atom stereocenters. The summed E-state index contributed by atoms with van der Waals surface area (Å²) in [7, 11) is 0. The number of phenols is 6. The molecule has 0 saturated heterocycles. The van der Waals surface area contributed by atoms with Crippen molar-refractivity contribution in [3.63, 3.8) is 0 Å². The molecule has 3 aliphatic rings. The van der Waals surface area contributed by atoms with E-state index < -0.39 is 21.3 Å². The molecule has 7 aromatic carbocycles. The van der Waals surface area contributed by atoms with Crippen LogP contribution in [0.3, 0.4) is 0 Å². The normalized spacial score (nSPS) is 14.0. The van der Waals surface area contributed by atoms with E-state index in [0.29, 0.717) is 5.56 Å². The van der Waals surface area contributed by atoms with Gasteiger partial charge in [-0.15, -0.1) is 20.5 Å². The van der Waals surface area contributed by atoms with E-state index in [1.165, 1.54) is 70.8 Å². The summed E-state index contributed by atoms with van der Waals surface area (Å²) in [5.74, 6) is -0.417. The van der Waals surface area contributed by atoms with E-state index >= 15 is 0 Å². The number of rotatable bonds is 12. The van der Waals surface area contributed by atoms with Crippen LogP contribution in [0.15, 0.2) is 167 Å². The van der Waals surface area contributed by atoms with E-state index in [0.717, 1.165) is 81.8 Å². The molecule has 3 aliphatic heterocycles. The van der Waals surface area contributed by atoms with E-state index in [1.807, 2.05) is 24.3 Å². The number of nitro benzene ring substituents is 2. The van der Waals surface area contributed by atoms with Crippen molar-refractivity contribution in [3.8, 4) is 46.0 Å². The molecule has 0 saturated carbocycles. The van der Waals surface area contributed by atoms with Crippen LogP contribution in [-0.4, -0.2) is 77.2 Å². The molecule has 439 valence electrons. The van der Waals surface area contributed by atoms with Crippen LogP contribution >= 0.6 is 0 Å². The molecule has 0 aromatic heterocycles. The predicted octanol–water partition coefficient (Wildman–Crippen LogP) is 13.4. The Balaban J connectivity index is 0.000000209. The molecular weight excluding hydrogens is 1140 g/mol. The summed E-state index contributed by atoms with van der Waals surface area (Å²) in [4.78, 5) is 35.6. The van der Waals surface area contributed by atoms with Crippen LogP contribution in [-0.2, 0) is 21.5 Å². The number of carbonyl (C=O) groups excluding carboxylic acids is 1. The number of likely N-dealkylation sites (N-methyl/N-ethyl adjacent to an activating group) is 2. The first-order valence-corrected chi connectivity index (χ1v) is 26.4. The second-order valence-electron chi connectivity index (χ2n) is 20.7. The van der Waals surface area contributed by atoms with Crippen molar-refractivity contribution in [2.75, 3.05) is 24.6 Å². The number of non-ortho nitro benzene ring substituents is 2. The number of carbonyl (C=O) groups is 1. The number of aromatic hydroxyl groups is 6. The van der Waals surface area contributed by atoms with Gasteiger partial charge in [0, 0.05) is 101 Å². The average Bonchev–Trinajstić information content (AvgIpc) is 1.01. The molecular formula is C63H61CoN8O13+. The largest absolute Gasteiger partial charge is 0.508 e. The number of benzene rings is 7. The summed E-state index contributed by atoms with van der Waals surface area (Å²) in [5, 5.41) is 94.2. The van der Waals surface area contributed by atoms with Gasteiger partial charge in [0.05, 0.1) is 39.1 Å². The van der Waals surface area contributed by atoms with Gasteiger partial charge in [0.2, 0.25) is 5.36 Å². The zero-order chi connectivity index (χ0) is 60.9. The Bertz CT molecular complexity index is 3980. The SMILES string of the molecule is C=CCOC(=O)c1ccccc1C1=c2cc3c(cc2Oc2cc4c(cc21)C(C)=CC(C)(C)N4CC)=[N+](CC)C(C)(C)C=C3C.O=[N+]([O-])c1ccc(N=Nc2ccc(O)cc2O)c(O)c1.O=[N+]([O-])c1ccc(N=Nc2ccc(O)cc2O)c(O)c1.[Co]. The van der Waals surface area contributed by atoms with Gasteiger partial charge in [0.15, 0.2) is 5.54 Å². The van der Waals surface area contributed by atoms with Gasteiger partial charge in [-0.2, -0.15) is 0 Å². The fourth-order valence-corrected chi connectivity index (χ4v) is 10.4. The van der Waals surface area contributed by atoms with Gasteiger partial charge in [-0.1, -0.05) is 36.9 Å². The number of fused-ring (bicyclic) bond motifs is 4. The monoisotopic (exact) mass is 1200 g/mol. The molecule has 0 unspecified atom stereocenters. The maximum Gasteiger partial charge on any atom is 0.339 e. The van der Waals surface area contributed by atoms with Crippen LogP contribution in [0.4, 0.5) is 39.8 Å². The molecule has 0 spiro atoms. The zero-order valence-electron chi connectivity index (χ0n) is 47.6. The minimum absolute atomic E-state index is 0. The Kier molecular flexibility index (Phi) is 18.7. The maximum absolute atomic E-state index is 13.4. The van der Waals surface area contributed by atoms with E-state index in [9.17, 15) is 45.4 Å². The fourth-order valence-electron chi connectivity index (χ4n) is 10.4. The molecule has 1 radical (unpaired) electrons. The molecule has 0 amide bonds. The van der Waals surface area contributed by atoms with Crippen molar-refractivity contribution < 1.29 is 71.5 Å². The molecule has 3 heterocycles. The van der Waals surface area contributed by atoms with Crippen LogP contribution in [0.1, 0.15) is 88.0 Å². The van der Waals surface area contributed by atoms with Gasteiger partial charge in [0.25, 0.3) is 11.4 Å². The van der Waals surface area contributed by atoms with Gasteiger partial charge in [-0.3, -0.25) is 20.2 Å². The van der Waals surface area contributed by atoms with Crippen LogP contribution < -0.4 is 24.8 Å². The Morgan fingerprint density at radius 2 is 1.15 bits per heavy atom. The van der Waals surface area contributed by atoms with Crippen molar-refractivity contribution >= 4 is 62.5 Å². The molecule has 85 heavy (non-hydrogen) atoms. The van der Waals surface area contributed by atoms with Crippen molar-refractivity contribution in [2.24, 2.45) is 20.5 Å². The van der Waals surface area contributed by atoms with Crippen molar-refractivity contribution in [1.82, 2.24) is 4.58 Å². The molecule has 6 N–H and O–H groups in total. The third-order valence-corrected chi connectivity index (χ3v) is 14.1. The number of anilines is 1. The number of azo groups is 2. The van der Waals surface area contributed by atoms with Crippen molar-refractivity contribution in [3.05, 3.63) is 205 Å². The molecule has 7 aromatic rings. The van der Waals surface area contributed by atoms with Gasteiger partial charge in [0.1, 0.15) is 81.9 Å². The summed E-state index contributed by atoms with van der Waals surface area (Å²) in [5.41, 5.74) is 8.65. The number of nitro groups is 2. The van der Waals surface area contributed by atoms with E-state index in [2.05, 4.69) is 128 Å². The Morgan fingerprint density at radius 1 is 0.647 bits per heavy atom. The van der Waals surface area contributed by atoms with Gasteiger partial charge >= 0.3 is 5.97 Å². The van der Waals surface area contributed by atoms with Crippen LogP contribution in [0, 0.1) is 20.2 Å². The number of esters is 1.